The number of aromatic nitrogens is 2. The van der Waals surface area contributed by atoms with Crippen molar-refractivity contribution in [2.45, 2.75) is 46.1 Å². The van der Waals surface area contributed by atoms with E-state index in [1.54, 1.807) is 0 Å². The first-order valence-electron chi connectivity index (χ1n) is 7.24. The van der Waals surface area contributed by atoms with Crippen molar-refractivity contribution in [3.63, 3.8) is 0 Å². The smallest absolute Gasteiger partial charge is 0.225 e. The van der Waals surface area contributed by atoms with Crippen molar-refractivity contribution in [1.82, 2.24) is 15.3 Å². The zero-order valence-electron chi connectivity index (χ0n) is 12.6. The number of piperidine rings is 1. The Labute approximate surface area is 116 Å². The molecule has 1 aromatic rings. The summed E-state index contributed by atoms with van der Waals surface area (Å²) in [5, 5.41) is 3.61. The molecule has 0 radical (unpaired) electrons. The van der Waals surface area contributed by atoms with Crippen molar-refractivity contribution in [2.24, 2.45) is 5.92 Å². The van der Waals surface area contributed by atoms with Crippen LogP contribution in [0.2, 0.25) is 0 Å². The number of rotatable bonds is 3. The summed E-state index contributed by atoms with van der Waals surface area (Å²) in [5.41, 5.74) is 1.26. The molecule has 0 saturated carbocycles. The second kappa shape index (κ2) is 5.87. The zero-order chi connectivity index (χ0) is 13.9. The van der Waals surface area contributed by atoms with Crippen LogP contribution in [0.15, 0.2) is 12.3 Å². The highest BCUT2D eigenvalue weighted by Crippen LogP contribution is 2.20. The molecule has 4 nitrogen and oxygen atoms in total. The third-order valence-electron chi connectivity index (χ3n) is 3.60. The standard InChI is InChI=1S/C15H26N4/c1-12-5-8-16-14(18-12)19-9-6-13(7-10-19)11-17-15(2,3)4/h5,8,13,17H,6-7,9-11H2,1-4H3. The van der Waals surface area contributed by atoms with Crippen LogP contribution >= 0.6 is 0 Å². The van der Waals surface area contributed by atoms with E-state index in [0.717, 1.165) is 37.2 Å². The van der Waals surface area contributed by atoms with Gasteiger partial charge in [-0.2, -0.15) is 0 Å². The van der Waals surface area contributed by atoms with E-state index in [1.807, 2.05) is 19.2 Å². The first kappa shape index (κ1) is 14.3. The van der Waals surface area contributed by atoms with Crippen LogP contribution < -0.4 is 10.2 Å². The Morgan fingerprint density at radius 3 is 2.58 bits per heavy atom. The summed E-state index contributed by atoms with van der Waals surface area (Å²) in [4.78, 5) is 11.2. The Hall–Kier alpha value is -1.16. The molecule has 1 N–H and O–H groups in total. The van der Waals surface area contributed by atoms with Gasteiger partial charge >= 0.3 is 0 Å². The minimum atomic E-state index is 0.219. The summed E-state index contributed by atoms with van der Waals surface area (Å²) in [6.45, 7) is 11.9. The summed E-state index contributed by atoms with van der Waals surface area (Å²) in [5.74, 6) is 1.67. The first-order chi connectivity index (χ1) is 8.94. The topological polar surface area (TPSA) is 41.1 Å². The van der Waals surface area contributed by atoms with Crippen molar-refractivity contribution >= 4 is 5.95 Å². The van der Waals surface area contributed by atoms with Crippen LogP contribution in [0.4, 0.5) is 5.95 Å². The van der Waals surface area contributed by atoms with Gasteiger partial charge in [0.25, 0.3) is 0 Å². The molecular formula is C15H26N4. The van der Waals surface area contributed by atoms with E-state index in [0.29, 0.717) is 0 Å². The summed E-state index contributed by atoms with van der Waals surface area (Å²) >= 11 is 0. The number of nitrogens with one attached hydrogen (secondary N) is 1. The average molecular weight is 262 g/mol. The highest BCUT2D eigenvalue weighted by atomic mass is 15.2. The molecule has 1 aliphatic rings. The monoisotopic (exact) mass is 262 g/mol. The Balaban J connectivity index is 1.82. The van der Waals surface area contributed by atoms with Crippen molar-refractivity contribution in [3.05, 3.63) is 18.0 Å². The van der Waals surface area contributed by atoms with Gasteiger partial charge in [0.1, 0.15) is 0 Å². The van der Waals surface area contributed by atoms with Gasteiger partial charge in [-0.15, -0.1) is 0 Å². The highest BCUT2D eigenvalue weighted by molar-refractivity contribution is 5.30. The van der Waals surface area contributed by atoms with Crippen LogP contribution in [-0.2, 0) is 0 Å². The summed E-state index contributed by atoms with van der Waals surface area (Å²) in [7, 11) is 0. The quantitative estimate of drug-likeness (QED) is 0.908. The Kier molecular flexibility index (Phi) is 4.40. The zero-order valence-corrected chi connectivity index (χ0v) is 12.6. The molecule has 1 aliphatic heterocycles. The van der Waals surface area contributed by atoms with Crippen LogP contribution in [-0.4, -0.2) is 35.1 Å². The van der Waals surface area contributed by atoms with E-state index in [-0.39, 0.29) is 5.54 Å². The highest BCUT2D eigenvalue weighted by Gasteiger charge is 2.22. The maximum absolute atomic E-state index is 4.51. The lowest BCUT2D eigenvalue weighted by Gasteiger charge is -2.33. The van der Waals surface area contributed by atoms with Crippen molar-refractivity contribution in [3.8, 4) is 0 Å². The molecule has 0 bridgehead atoms. The van der Waals surface area contributed by atoms with Gasteiger partial charge in [-0.1, -0.05) is 0 Å². The van der Waals surface area contributed by atoms with Gasteiger partial charge in [-0.3, -0.25) is 0 Å². The lowest BCUT2D eigenvalue weighted by molar-refractivity contribution is 0.328. The van der Waals surface area contributed by atoms with Crippen LogP contribution in [0, 0.1) is 12.8 Å². The molecule has 2 rings (SSSR count). The molecule has 0 aromatic carbocycles. The molecule has 106 valence electrons. The summed E-state index contributed by atoms with van der Waals surface area (Å²) in [6, 6.07) is 1.95. The normalized spacial score (nSPS) is 17.8. The molecule has 19 heavy (non-hydrogen) atoms. The van der Waals surface area contributed by atoms with Crippen molar-refractivity contribution in [2.75, 3.05) is 24.5 Å². The van der Waals surface area contributed by atoms with Crippen LogP contribution in [0.1, 0.15) is 39.3 Å². The Morgan fingerprint density at radius 1 is 1.32 bits per heavy atom. The van der Waals surface area contributed by atoms with E-state index in [2.05, 4.69) is 41.0 Å². The van der Waals surface area contributed by atoms with Crippen LogP contribution in [0.25, 0.3) is 0 Å². The Bertz CT molecular complexity index is 403. The molecule has 0 aliphatic carbocycles. The molecule has 0 unspecified atom stereocenters. The maximum atomic E-state index is 4.51. The third-order valence-corrected chi connectivity index (χ3v) is 3.60. The second-order valence-corrected chi connectivity index (χ2v) is 6.56. The minimum absolute atomic E-state index is 0.219. The third kappa shape index (κ3) is 4.46. The largest absolute Gasteiger partial charge is 0.341 e. The SMILES string of the molecule is Cc1ccnc(N2CCC(CNC(C)(C)C)CC2)n1. The molecule has 1 aromatic heterocycles. The second-order valence-electron chi connectivity index (χ2n) is 6.56. The maximum Gasteiger partial charge on any atom is 0.225 e. The van der Waals surface area contributed by atoms with Crippen LogP contribution in [0.5, 0.6) is 0 Å². The number of aryl methyl sites for hydroxylation is 1. The molecular weight excluding hydrogens is 236 g/mol. The van der Waals surface area contributed by atoms with Gasteiger partial charge in [-0.05, 0) is 59.1 Å². The number of anilines is 1. The molecule has 1 fully saturated rings. The van der Waals surface area contributed by atoms with Gasteiger partial charge < -0.3 is 10.2 Å². The molecule has 1 saturated heterocycles. The van der Waals surface area contributed by atoms with Crippen LogP contribution in [0.3, 0.4) is 0 Å². The molecule has 0 amide bonds. The lowest BCUT2D eigenvalue weighted by atomic mass is 9.95. The number of hydrogen-bond donors (Lipinski definition) is 1. The van der Waals surface area contributed by atoms with E-state index in [9.17, 15) is 0 Å². The predicted octanol–water partition coefficient (Wildman–Crippen LogP) is 2.39. The summed E-state index contributed by atoms with van der Waals surface area (Å²) in [6.07, 6.45) is 4.30. The van der Waals surface area contributed by atoms with Gasteiger partial charge in [0.05, 0.1) is 0 Å². The lowest BCUT2D eigenvalue weighted by Crippen LogP contribution is -2.43. The van der Waals surface area contributed by atoms with E-state index in [4.69, 9.17) is 0 Å². The fourth-order valence-corrected chi connectivity index (χ4v) is 2.38. The molecule has 4 heteroatoms. The summed E-state index contributed by atoms with van der Waals surface area (Å²) < 4.78 is 0. The fraction of sp³-hybridized carbons (Fsp3) is 0.733. The van der Waals surface area contributed by atoms with Gasteiger partial charge in [0.15, 0.2) is 0 Å². The van der Waals surface area contributed by atoms with E-state index < -0.39 is 0 Å². The van der Waals surface area contributed by atoms with Gasteiger partial charge in [-0.25, -0.2) is 9.97 Å². The molecule has 0 spiro atoms. The van der Waals surface area contributed by atoms with Gasteiger partial charge in [0.2, 0.25) is 5.95 Å². The number of nitrogens with zero attached hydrogens (tertiary/aromatic N) is 3. The average Bonchev–Trinajstić information content (AvgIpc) is 2.36. The number of hydrogen-bond acceptors (Lipinski definition) is 4. The first-order valence-corrected chi connectivity index (χ1v) is 7.24. The molecule has 0 atom stereocenters. The fourth-order valence-electron chi connectivity index (χ4n) is 2.38. The van der Waals surface area contributed by atoms with E-state index in [1.165, 1.54) is 12.8 Å². The Morgan fingerprint density at radius 2 is 2.00 bits per heavy atom. The molecule has 2 heterocycles. The van der Waals surface area contributed by atoms with E-state index >= 15 is 0 Å². The van der Waals surface area contributed by atoms with Gasteiger partial charge in [0, 0.05) is 30.5 Å². The van der Waals surface area contributed by atoms with Crippen molar-refractivity contribution < 1.29 is 0 Å². The minimum Gasteiger partial charge on any atom is -0.341 e. The van der Waals surface area contributed by atoms with Crippen molar-refractivity contribution in [1.29, 1.82) is 0 Å². The predicted molar refractivity (Wildman–Crippen MR) is 79.5 cm³/mol.